The van der Waals surface area contributed by atoms with Crippen LogP contribution in [0.1, 0.15) is 15.9 Å². The van der Waals surface area contributed by atoms with Gasteiger partial charge >= 0.3 is 5.97 Å². The van der Waals surface area contributed by atoms with Gasteiger partial charge in [-0.3, -0.25) is 4.40 Å². The first kappa shape index (κ1) is 16.7. The molecule has 0 saturated heterocycles. The van der Waals surface area contributed by atoms with Gasteiger partial charge in [-0.15, -0.1) is 10.2 Å². The number of pyridine rings is 1. The predicted octanol–water partition coefficient (Wildman–Crippen LogP) is 5.42. The summed E-state index contributed by atoms with van der Waals surface area (Å²) in [5, 5.41) is 18.0. The lowest BCUT2D eigenvalue weighted by atomic mass is 10.1. The van der Waals surface area contributed by atoms with Gasteiger partial charge in [0.05, 0.1) is 5.56 Å². The molecule has 27 heavy (non-hydrogen) atoms. The number of aromatic nitrogens is 2. The highest BCUT2D eigenvalue weighted by molar-refractivity contribution is 5.93. The van der Waals surface area contributed by atoms with Gasteiger partial charge in [0.15, 0.2) is 5.82 Å². The van der Waals surface area contributed by atoms with Crippen LogP contribution in [0, 0.1) is 6.92 Å². The first-order chi connectivity index (χ1) is 13.1. The van der Waals surface area contributed by atoms with Crippen molar-refractivity contribution in [2.24, 2.45) is 10.2 Å². The van der Waals surface area contributed by atoms with Gasteiger partial charge in [-0.25, -0.2) is 9.78 Å². The largest absolute Gasteiger partial charge is 0.478 e. The number of fused-ring (bicyclic) bond motifs is 1. The normalized spacial score (nSPS) is 11.3. The van der Waals surface area contributed by atoms with Crippen LogP contribution in [0.5, 0.6) is 0 Å². The molecule has 2 heterocycles. The van der Waals surface area contributed by atoms with Crippen LogP contribution in [0.3, 0.4) is 0 Å². The highest BCUT2D eigenvalue weighted by atomic mass is 16.4. The van der Waals surface area contributed by atoms with Crippen molar-refractivity contribution in [3.8, 4) is 11.3 Å². The fraction of sp³-hybridized carbons (Fsp3) is 0.0476. The molecule has 0 spiro atoms. The number of rotatable bonds is 4. The molecule has 0 unspecified atom stereocenters. The second-order valence-corrected chi connectivity index (χ2v) is 6.11. The average molecular weight is 356 g/mol. The molecule has 0 aliphatic heterocycles. The van der Waals surface area contributed by atoms with Gasteiger partial charge in [-0.1, -0.05) is 48.5 Å². The average Bonchev–Trinajstić information content (AvgIpc) is 3.05. The number of aromatic carboxylic acids is 1. The smallest absolute Gasteiger partial charge is 0.337 e. The quantitative estimate of drug-likeness (QED) is 0.496. The van der Waals surface area contributed by atoms with E-state index in [0.717, 1.165) is 16.8 Å². The lowest BCUT2D eigenvalue weighted by Gasteiger charge is -2.02. The molecule has 0 aliphatic carbocycles. The molecule has 0 aliphatic rings. The molecule has 1 N–H and O–H groups in total. The van der Waals surface area contributed by atoms with E-state index in [1.807, 2.05) is 60.0 Å². The number of carboxylic acid groups (broad SMARTS) is 1. The summed E-state index contributed by atoms with van der Waals surface area (Å²) >= 11 is 0. The van der Waals surface area contributed by atoms with Crippen LogP contribution < -0.4 is 0 Å². The van der Waals surface area contributed by atoms with E-state index in [4.69, 9.17) is 0 Å². The van der Waals surface area contributed by atoms with Crippen LogP contribution in [-0.4, -0.2) is 20.5 Å². The lowest BCUT2D eigenvalue weighted by Crippen LogP contribution is -1.95. The van der Waals surface area contributed by atoms with E-state index in [0.29, 0.717) is 17.2 Å². The van der Waals surface area contributed by atoms with E-state index in [1.165, 1.54) is 6.07 Å². The highest BCUT2D eigenvalue weighted by Gasteiger charge is 2.15. The second-order valence-electron chi connectivity index (χ2n) is 6.11. The second kappa shape index (κ2) is 6.84. The van der Waals surface area contributed by atoms with Crippen LogP contribution in [0.2, 0.25) is 0 Å². The summed E-state index contributed by atoms with van der Waals surface area (Å²) in [7, 11) is 0. The number of imidazole rings is 1. The number of carboxylic acids is 1. The fourth-order valence-corrected chi connectivity index (χ4v) is 2.87. The van der Waals surface area contributed by atoms with E-state index in [-0.39, 0.29) is 5.56 Å². The lowest BCUT2D eigenvalue weighted by molar-refractivity contribution is 0.0697. The van der Waals surface area contributed by atoms with Crippen molar-refractivity contribution in [1.29, 1.82) is 0 Å². The van der Waals surface area contributed by atoms with Gasteiger partial charge in [0.1, 0.15) is 17.0 Å². The molecule has 0 atom stereocenters. The molecular weight excluding hydrogens is 340 g/mol. The number of azo groups is 1. The Morgan fingerprint density at radius 1 is 0.963 bits per heavy atom. The third-order valence-corrected chi connectivity index (χ3v) is 4.18. The van der Waals surface area contributed by atoms with Gasteiger partial charge in [-0.05, 0) is 30.7 Å². The Hall–Kier alpha value is -3.80. The van der Waals surface area contributed by atoms with Gasteiger partial charge in [0.25, 0.3) is 0 Å². The van der Waals surface area contributed by atoms with Crippen LogP contribution in [0.4, 0.5) is 11.5 Å². The Labute approximate surface area is 155 Å². The standard InChI is InChI=1S/C21H16N4O2/c1-14-11-12-18-22-19(15-7-3-2-4-8-15)20(25(18)13-14)24-23-17-10-6-5-9-16(17)21(26)27/h2-13H,1H3,(H,26,27). The van der Waals surface area contributed by atoms with Crippen molar-refractivity contribution in [2.75, 3.05) is 0 Å². The summed E-state index contributed by atoms with van der Waals surface area (Å²) in [5.74, 6) is -0.484. The van der Waals surface area contributed by atoms with Crippen molar-refractivity contribution < 1.29 is 9.90 Å². The van der Waals surface area contributed by atoms with Gasteiger partial charge < -0.3 is 5.11 Å². The molecule has 0 saturated carbocycles. The third-order valence-electron chi connectivity index (χ3n) is 4.18. The first-order valence-electron chi connectivity index (χ1n) is 8.41. The molecule has 2 aromatic heterocycles. The Bertz CT molecular complexity index is 1160. The Kier molecular flexibility index (Phi) is 4.22. The molecule has 0 radical (unpaired) electrons. The van der Waals surface area contributed by atoms with Crippen LogP contribution in [0.25, 0.3) is 16.9 Å². The van der Waals surface area contributed by atoms with Crippen LogP contribution >= 0.6 is 0 Å². The zero-order valence-electron chi connectivity index (χ0n) is 14.6. The molecule has 6 heteroatoms. The van der Waals surface area contributed by atoms with Crippen molar-refractivity contribution in [2.45, 2.75) is 6.92 Å². The SMILES string of the molecule is Cc1ccc2nc(-c3ccccc3)c(N=Nc3ccccc3C(=O)O)n2c1. The van der Waals surface area contributed by atoms with E-state index < -0.39 is 5.97 Å². The number of hydrogen-bond donors (Lipinski definition) is 1. The Morgan fingerprint density at radius 3 is 2.48 bits per heavy atom. The minimum absolute atomic E-state index is 0.104. The van der Waals surface area contributed by atoms with Gasteiger partial charge in [-0.2, -0.15) is 0 Å². The first-order valence-corrected chi connectivity index (χ1v) is 8.41. The van der Waals surface area contributed by atoms with Crippen LogP contribution in [0.15, 0.2) is 83.2 Å². The van der Waals surface area contributed by atoms with E-state index in [2.05, 4.69) is 15.2 Å². The maximum atomic E-state index is 11.4. The molecule has 132 valence electrons. The highest BCUT2D eigenvalue weighted by Crippen LogP contribution is 2.33. The fourth-order valence-electron chi connectivity index (χ4n) is 2.87. The van der Waals surface area contributed by atoms with Gasteiger partial charge in [0.2, 0.25) is 0 Å². The molecule has 6 nitrogen and oxygen atoms in total. The minimum Gasteiger partial charge on any atom is -0.478 e. The summed E-state index contributed by atoms with van der Waals surface area (Å²) in [6.45, 7) is 1.99. The summed E-state index contributed by atoms with van der Waals surface area (Å²) < 4.78 is 1.87. The van der Waals surface area contributed by atoms with E-state index >= 15 is 0 Å². The monoisotopic (exact) mass is 356 g/mol. The molecule has 0 bridgehead atoms. The summed E-state index contributed by atoms with van der Waals surface area (Å²) in [6, 6.07) is 20.2. The Balaban J connectivity index is 1.90. The zero-order valence-corrected chi connectivity index (χ0v) is 14.6. The topological polar surface area (TPSA) is 79.3 Å². The third kappa shape index (κ3) is 3.20. The molecule has 4 aromatic rings. The minimum atomic E-state index is -1.04. The Morgan fingerprint density at radius 2 is 1.70 bits per heavy atom. The van der Waals surface area contributed by atoms with E-state index in [9.17, 15) is 9.90 Å². The van der Waals surface area contributed by atoms with Crippen molar-refractivity contribution in [3.63, 3.8) is 0 Å². The van der Waals surface area contributed by atoms with E-state index in [1.54, 1.807) is 18.2 Å². The number of hydrogen-bond acceptors (Lipinski definition) is 4. The maximum absolute atomic E-state index is 11.4. The van der Waals surface area contributed by atoms with Gasteiger partial charge in [0, 0.05) is 11.8 Å². The zero-order chi connectivity index (χ0) is 18.8. The number of nitrogens with zero attached hydrogens (tertiary/aromatic N) is 4. The van der Waals surface area contributed by atoms with Crippen molar-refractivity contribution in [3.05, 3.63) is 84.1 Å². The number of benzene rings is 2. The molecule has 0 fully saturated rings. The molecule has 0 amide bonds. The van der Waals surface area contributed by atoms with Crippen molar-refractivity contribution in [1.82, 2.24) is 9.38 Å². The summed E-state index contributed by atoms with van der Waals surface area (Å²) in [6.07, 6.45) is 1.94. The molecule has 4 rings (SSSR count). The molecule has 2 aromatic carbocycles. The number of carbonyl (C=O) groups is 1. The predicted molar refractivity (Wildman–Crippen MR) is 103 cm³/mol. The maximum Gasteiger partial charge on any atom is 0.337 e. The van der Waals surface area contributed by atoms with Crippen molar-refractivity contribution >= 4 is 23.1 Å². The van der Waals surface area contributed by atoms with Crippen LogP contribution in [-0.2, 0) is 0 Å². The summed E-state index contributed by atoms with van der Waals surface area (Å²) in [5.41, 5.74) is 3.82. The molecular formula is C21H16N4O2. The summed E-state index contributed by atoms with van der Waals surface area (Å²) in [4.78, 5) is 16.1. The number of aryl methyl sites for hydroxylation is 1.